The molecule has 0 saturated carbocycles. The number of nitrogens with zero attached hydrogens (tertiary/aromatic N) is 1. The van der Waals surface area contributed by atoms with E-state index in [-0.39, 0.29) is 17.8 Å². The monoisotopic (exact) mass is 404 g/mol. The highest BCUT2D eigenvalue weighted by atomic mass is 35.5. The summed E-state index contributed by atoms with van der Waals surface area (Å²) in [7, 11) is 3.12. The standard InChI is InChI=1S/C19H17ClN2O4S/c1-25-14-6-3-12(4-7-14)9-17-18(23)22(19(24)27-17)11-21-13-5-8-16(26-2)15(20)10-13/h3-10,21H,11H2,1-2H3. The number of amides is 2. The summed E-state index contributed by atoms with van der Waals surface area (Å²) >= 11 is 6.99. The predicted molar refractivity (Wildman–Crippen MR) is 107 cm³/mol. The number of methoxy groups -OCH3 is 2. The van der Waals surface area contributed by atoms with Crippen LogP contribution in [0.5, 0.6) is 11.5 Å². The fourth-order valence-electron chi connectivity index (χ4n) is 2.43. The van der Waals surface area contributed by atoms with Gasteiger partial charge in [0.1, 0.15) is 11.5 Å². The molecular formula is C19H17ClN2O4S. The van der Waals surface area contributed by atoms with E-state index in [0.717, 1.165) is 28.0 Å². The molecule has 2 aromatic carbocycles. The van der Waals surface area contributed by atoms with Gasteiger partial charge in [0.05, 0.1) is 30.8 Å². The maximum absolute atomic E-state index is 12.5. The zero-order chi connectivity index (χ0) is 19.4. The molecular weight excluding hydrogens is 388 g/mol. The van der Waals surface area contributed by atoms with Gasteiger partial charge in [-0.15, -0.1) is 0 Å². The first-order valence-corrected chi connectivity index (χ1v) is 9.18. The largest absolute Gasteiger partial charge is 0.497 e. The average molecular weight is 405 g/mol. The minimum atomic E-state index is -0.340. The summed E-state index contributed by atoms with van der Waals surface area (Å²) in [5.74, 6) is 0.936. The fourth-order valence-corrected chi connectivity index (χ4v) is 3.53. The lowest BCUT2D eigenvalue weighted by atomic mass is 10.2. The highest BCUT2D eigenvalue weighted by Gasteiger charge is 2.34. The number of halogens is 1. The first-order valence-electron chi connectivity index (χ1n) is 7.98. The van der Waals surface area contributed by atoms with Crippen molar-refractivity contribution in [3.8, 4) is 11.5 Å². The zero-order valence-corrected chi connectivity index (χ0v) is 16.3. The molecule has 0 atom stereocenters. The molecule has 1 N–H and O–H groups in total. The summed E-state index contributed by atoms with van der Waals surface area (Å²) in [6.07, 6.45) is 1.69. The molecule has 8 heteroatoms. The van der Waals surface area contributed by atoms with Crippen LogP contribution in [0.25, 0.3) is 6.08 Å². The lowest BCUT2D eigenvalue weighted by Gasteiger charge is -2.15. The molecule has 0 radical (unpaired) electrons. The van der Waals surface area contributed by atoms with E-state index in [9.17, 15) is 9.59 Å². The third-order valence-corrected chi connectivity index (χ3v) is 5.08. The number of benzene rings is 2. The van der Waals surface area contributed by atoms with Crippen LogP contribution >= 0.6 is 23.4 Å². The Kier molecular flexibility index (Phi) is 5.93. The molecule has 6 nitrogen and oxygen atoms in total. The molecule has 0 unspecified atom stereocenters. The SMILES string of the molecule is COc1ccc(C=C2SC(=O)N(CNc3ccc(OC)c(Cl)c3)C2=O)cc1. The predicted octanol–water partition coefficient (Wildman–Crippen LogP) is 4.46. The van der Waals surface area contributed by atoms with Crippen molar-refractivity contribution in [1.82, 2.24) is 4.90 Å². The molecule has 0 spiro atoms. The van der Waals surface area contributed by atoms with Crippen LogP contribution < -0.4 is 14.8 Å². The first-order chi connectivity index (χ1) is 13.0. The minimum Gasteiger partial charge on any atom is -0.497 e. The topological polar surface area (TPSA) is 67.9 Å². The van der Waals surface area contributed by atoms with E-state index in [4.69, 9.17) is 21.1 Å². The Morgan fingerprint density at radius 1 is 1.11 bits per heavy atom. The lowest BCUT2D eigenvalue weighted by molar-refractivity contribution is -0.122. The maximum atomic E-state index is 12.5. The Labute approximate surface area is 166 Å². The van der Waals surface area contributed by atoms with Gasteiger partial charge in [0.15, 0.2) is 0 Å². The van der Waals surface area contributed by atoms with Crippen LogP contribution in [0.3, 0.4) is 0 Å². The summed E-state index contributed by atoms with van der Waals surface area (Å²) in [6.45, 7) is 0.0489. The maximum Gasteiger partial charge on any atom is 0.295 e. The summed E-state index contributed by atoms with van der Waals surface area (Å²) in [6, 6.07) is 12.4. The van der Waals surface area contributed by atoms with Crippen LogP contribution in [0.15, 0.2) is 47.4 Å². The van der Waals surface area contributed by atoms with E-state index in [1.54, 1.807) is 43.5 Å². The van der Waals surface area contributed by atoms with Crippen LogP contribution in [0.1, 0.15) is 5.56 Å². The summed E-state index contributed by atoms with van der Waals surface area (Å²) in [5.41, 5.74) is 1.50. The third-order valence-electron chi connectivity index (χ3n) is 3.88. The molecule has 0 bridgehead atoms. The van der Waals surface area contributed by atoms with Gasteiger partial charge in [0.25, 0.3) is 11.1 Å². The summed E-state index contributed by atoms with van der Waals surface area (Å²) < 4.78 is 10.2. The van der Waals surface area contributed by atoms with Crippen LogP contribution in [-0.4, -0.2) is 36.9 Å². The molecule has 1 aliphatic heterocycles. The van der Waals surface area contributed by atoms with Crippen LogP contribution in [0, 0.1) is 0 Å². The molecule has 3 rings (SSSR count). The van der Waals surface area contributed by atoms with Crippen LogP contribution in [0.2, 0.25) is 5.02 Å². The highest BCUT2D eigenvalue weighted by Crippen LogP contribution is 2.33. The van der Waals surface area contributed by atoms with Gasteiger partial charge in [-0.1, -0.05) is 23.7 Å². The number of ether oxygens (including phenoxy) is 2. The number of anilines is 1. The Balaban J connectivity index is 1.68. The van der Waals surface area contributed by atoms with Gasteiger partial charge in [-0.05, 0) is 53.7 Å². The quantitative estimate of drug-likeness (QED) is 0.717. The summed E-state index contributed by atoms with van der Waals surface area (Å²) in [4.78, 5) is 26.3. The molecule has 2 aromatic rings. The van der Waals surface area contributed by atoms with Crippen LogP contribution in [-0.2, 0) is 4.79 Å². The Hall–Kier alpha value is -2.64. The van der Waals surface area contributed by atoms with Crippen molar-refractivity contribution >= 4 is 46.3 Å². The molecule has 0 aromatic heterocycles. The second-order valence-electron chi connectivity index (χ2n) is 5.57. The molecule has 1 heterocycles. The zero-order valence-electron chi connectivity index (χ0n) is 14.7. The number of thioether (sulfide) groups is 1. The molecule has 1 fully saturated rings. The van der Waals surface area contributed by atoms with Crippen molar-refractivity contribution in [3.63, 3.8) is 0 Å². The van der Waals surface area contributed by atoms with E-state index in [1.807, 2.05) is 12.1 Å². The molecule has 140 valence electrons. The number of hydrogen-bond donors (Lipinski definition) is 1. The van der Waals surface area contributed by atoms with E-state index >= 15 is 0 Å². The normalized spacial score (nSPS) is 15.4. The second-order valence-corrected chi connectivity index (χ2v) is 6.97. The van der Waals surface area contributed by atoms with Crippen molar-refractivity contribution in [3.05, 3.63) is 58.0 Å². The number of imide groups is 1. The van der Waals surface area contributed by atoms with Gasteiger partial charge in [0, 0.05) is 5.69 Å². The third kappa shape index (κ3) is 4.37. The Morgan fingerprint density at radius 2 is 1.85 bits per heavy atom. The van der Waals surface area contributed by atoms with Gasteiger partial charge < -0.3 is 14.8 Å². The Bertz CT molecular complexity index is 899. The Morgan fingerprint density at radius 3 is 2.48 bits per heavy atom. The molecule has 2 amide bonds. The van der Waals surface area contributed by atoms with Gasteiger partial charge in [0.2, 0.25) is 0 Å². The number of carbonyl (C=O) groups is 2. The van der Waals surface area contributed by atoms with Gasteiger partial charge >= 0.3 is 0 Å². The van der Waals surface area contributed by atoms with E-state index in [1.165, 1.54) is 7.11 Å². The fraction of sp³-hybridized carbons (Fsp3) is 0.158. The van der Waals surface area contributed by atoms with Gasteiger partial charge in [-0.25, -0.2) is 0 Å². The van der Waals surface area contributed by atoms with Crippen LogP contribution in [0.4, 0.5) is 10.5 Å². The lowest BCUT2D eigenvalue weighted by Crippen LogP contribution is -2.33. The first kappa shape index (κ1) is 19.1. The summed E-state index contributed by atoms with van der Waals surface area (Å²) in [5, 5.41) is 3.14. The molecule has 1 saturated heterocycles. The number of hydrogen-bond acceptors (Lipinski definition) is 6. The van der Waals surface area contributed by atoms with E-state index in [0.29, 0.717) is 21.4 Å². The minimum absolute atomic E-state index is 0.0489. The van der Waals surface area contributed by atoms with Crippen molar-refractivity contribution in [2.45, 2.75) is 0 Å². The second kappa shape index (κ2) is 8.37. The van der Waals surface area contributed by atoms with Crippen molar-refractivity contribution in [2.24, 2.45) is 0 Å². The van der Waals surface area contributed by atoms with Crippen molar-refractivity contribution in [2.75, 3.05) is 26.2 Å². The van der Waals surface area contributed by atoms with Crippen molar-refractivity contribution < 1.29 is 19.1 Å². The van der Waals surface area contributed by atoms with E-state index in [2.05, 4.69) is 5.32 Å². The average Bonchev–Trinajstić information content (AvgIpc) is 2.94. The number of nitrogens with one attached hydrogen (secondary N) is 1. The van der Waals surface area contributed by atoms with E-state index < -0.39 is 0 Å². The van der Waals surface area contributed by atoms with Gasteiger partial charge in [-0.2, -0.15) is 0 Å². The van der Waals surface area contributed by atoms with Crippen molar-refractivity contribution in [1.29, 1.82) is 0 Å². The number of carbonyl (C=O) groups excluding carboxylic acids is 2. The highest BCUT2D eigenvalue weighted by molar-refractivity contribution is 8.18. The smallest absolute Gasteiger partial charge is 0.295 e. The molecule has 27 heavy (non-hydrogen) atoms. The molecule has 0 aliphatic carbocycles. The van der Waals surface area contributed by atoms with Gasteiger partial charge in [-0.3, -0.25) is 14.5 Å². The number of rotatable bonds is 6. The molecule has 1 aliphatic rings.